The molecule has 1 aliphatic rings. The summed E-state index contributed by atoms with van der Waals surface area (Å²) < 4.78 is 7.61. The maximum absolute atomic E-state index is 5.36. The molecule has 0 fully saturated rings. The van der Waals surface area contributed by atoms with Crippen molar-refractivity contribution in [3.63, 3.8) is 0 Å². The standard InChI is InChI=1S/C19H31N7OS.HI/c1-5-20-19(25(3)12-15-13-28-18(22-15)14(2)27-4)21-11-17-24-23-16-9-7-6-8-10-26(16)17;/h13-14H,5-12H2,1-4H3,(H,20,21);1H. The van der Waals surface area contributed by atoms with Crippen LogP contribution in [0, 0.1) is 0 Å². The highest BCUT2D eigenvalue weighted by Crippen LogP contribution is 2.21. The number of aromatic nitrogens is 4. The van der Waals surface area contributed by atoms with Crippen molar-refractivity contribution >= 4 is 41.3 Å². The Balaban J connectivity index is 0.00000300. The molecule has 0 spiro atoms. The topological polar surface area (TPSA) is 80.5 Å². The number of methoxy groups -OCH3 is 1. The molecule has 0 aromatic carbocycles. The van der Waals surface area contributed by atoms with E-state index in [9.17, 15) is 0 Å². The molecule has 0 radical (unpaired) electrons. The minimum atomic E-state index is 0. The van der Waals surface area contributed by atoms with Gasteiger partial charge in [-0.15, -0.1) is 45.5 Å². The maximum atomic E-state index is 5.36. The van der Waals surface area contributed by atoms with Gasteiger partial charge in [0.2, 0.25) is 0 Å². The molecule has 0 saturated heterocycles. The lowest BCUT2D eigenvalue weighted by atomic mass is 10.2. The third-order valence-corrected chi connectivity index (χ3v) is 5.98. The van der Waals surface area contributed by atoms with Crippen molar-refractivity contribution in [2.45, 2.75) is 65.3 Å². The van der Waals surface area contributed by atoms with Crippen LogP contribution >= 0.6 is 35.3 Å². The highest BCUT2D eigenvalue weighted by Gasteiger charge is 2.16. The quantitative estimate of drug-likeness (QED) is 0.334. The van der Waals surface area contributed by atoms with Gasteiger partial charge in [0, 0.05) is 39.0 Å². The lowest BCUT2D eigenvalue weighted by Gasteiger charge is -2.21. The highest BCUT2D eigenvalue weighted by atomic mass is 127. The van der Waals surface area contributed by atoms with Crippen molar-refractivity contribution in [1.82, 2.24) is 30.0 Å². The summed E-state index contributed by atoms with van der Waals surface area (Å²) in [7, 11) is 3.74. The van der Waals surface area contributed by atoms with Gasteiger partial charge in [-0.25, -0.2) is 9.98 Å². The van der Waals surface area contributed by atoms with Crippen LogP contribution in [0.3, 0.4) is 0 Å². The smallest absolute Gasteiger partial charge is 0.194 e. The Labute approximate surface area is 194 Å². The van der Waals surface area contributed by atoms with Crippen molar-refractivity contribution in [3.05, 3.63) is 27.7 Å². The molecule has 162 valence electrons. The van der Waals surface area contributed by atoms with Gasteiger partial charge < -0.3 is 19.5 Å². The van der Waals surface area contributed by atoms with Gasteiger partial charge in [-0.2, -0.15) is 0 Å². The van der Waals surface area contributed by atoms with Crippen LogP contribution in [0.2, 0.25) is 0 Å². The second-order valence-corrected chi connectivity index (χ2v) is 7.97. The third kappa shape index (κ3) is 6.35. The summed E-state index contributed by atoms with van der Waals surface area (Å²) in [4.78, 5) is 11.6. The molecule has 1 aliphatic heterocycles. The number of fused-ring (bicyclic) bond motifs is 1. The van der Waals surface area contributed by atoms with E-state index in [2.05, 4.69) is 42.3 Å². The number of nitrogens with zero attached hydrogens (tertiary/aromatic N) is 6. The molecule has 3 rings (SSSR count). The van der Waals surface area contributed by atoms with E-state index >= 15 is 0 Å². The molecule has 3 heterocycles. The summed E-state index contributed by atoms with van der Waals surface area (Å²) >= 11 is 1.63. The number of guanidine groups is 1. The van der Waals surface area contributed by atoms with Gasteiger partial charge in [-0.05, 0) is 26.7 Å². The average Bonchev–Trinajstić information content (AvgIpc) is 3.24. The number of nitrogens with one attached hydrogen (secondary N) is 1. The number of thiazole rings is 1. The number of rotatable bonds is 7. The van der Waals surface area contributed by atoms with Gasteiger partial charge in [0.15, 0.2) is 11.8 Å². The fraction of sp³-hybridized carbons (Fsp3) is 0.684. The Morgan fingerprint density at radius 1 is 1.38 bits per heavy atom. The van der Waals surface area contributed by atoms with Crippen LogP contribution < -0.4 is 5.32 Å². The van der Waals surface area contributed by atoms with E-state index in [1.54, 1.807) is 18.4 Å². The predicted molar refractivity (Wildman–Crippen MR) is 127 cm³/mol. The van der Waals surface area contributed by atoms with E-state index in [1.165, 1.54) is 19.3 Å². The van der Waals surface area contributed by atoms with Gasteiger partial charge in [0.05, 0.1) is 12.2 Å². The zero-order chi connectivity index (χ0) is 19.9. The third-order valence-electron chi connectivity index (χ3n) is 4.92. The maximum Gasteiger partial charge on any atom is 0.194 e. The van der Waals surface area contributed by atoms with Gasteiger partial charge in [-0.3, -0.25) is 0 Å². The monoisotopic (exact) mass is 533 g/mol. The molecule has 1 N–H and O–H groups in total. The first-order chi connectivity index (χ1) is 13.6. The van der Waals surface area contributed by atoms with Crippen LogP contribution in [0.15, 0.2) is 10.4 Å². The lowest BCUT2D eigenvalue weighted by Crippen LogP contribution is -2.38. The zero-order valence-electron chi connectivity index (χ0n) is 17.7. The molecule has 0 bridgehead atoms. The van der Waals surface area contributed by atoms with Crippen LogP contribution in [0.5, 0.6) is 0 Å². The number of halogens is 1. The molecule has 0 aliphatic carbocycles. The largest absolute Gasteiger partial charge is 0.375 e. The van der Waals surface area contributed by atoms with E-state index in [1.807, 2.05) is 14.0 Å². The fourth-order valence-corrected chi connectivity index (χ4v) is 4.12. The van der Waals surface area contributed by atoms with E-state index in [0.717, 1.165) is 47.8 Å². The van der Waals surface area contributed by atoms with Crippen LogP contribution in [0.25, 0.3) is 0 Å². The molecule has 2 aromatic heterocycles. The molecule has 1 unspecified atom stereocenters. The number of hydrogen-bond donors (Lipinski definition) is 1. The molecular weight excluding hydrogens is 501 g/mol. The second kappa shape index (κ2) is 11.8. The minimum Gasteiger partial charge on any atom is -0.375 e. The molecular formula is C19H32IN7OS. The molecule has 8 nitrogen and oxygen atoms in total. The van der Waals surface area contributed by atoms with E-state index in [-0.39, 0.29) is 30.1 Å². The Morgan fingerprint density at radius 3 is 2.97 bits per heavy atom. The Hall–Kier alpha value is -1.27. The van der Waals surface area contributed by atoms with Crippen LogP contribution in [0.1, 0.15) is 61.6 Å². The minimum absolute atomic E-state index is 0. The van der Waals surface area contributed by atoms with Crippen molar-refractivity contribution in [3.8, 4) is 0 Å². The summed E-state index contributed by atoms with van der Waals surface area (Å²) in [6, 6.07) is 0. The van der Waals surface area contributed by atoms with E-state index < -0.39 is 0 Å². The van der Waals surface area contributed by atoms with E-state index in [4.69, 9.17) is 9.73 Å². The SMILES string of the molecule is CCNC(=NCc1nnc2n1CCCCC2)N(C)Cc1csc(C(C)OC)n1.I. The summed E-state index contributed by atoms with van der Waals surface area (Å²) in [5, 5.41) is 15.2. The number of aliphatic imine (C=N–C) groups is 1. The summed E-state index contributed by atoms with van der Waals surface area (Å²) in [6.07, 6.45) is 4.68. The highest BCUT2D eigenvalue weighted by molar-refractivity contribution is 14.0. The zero-order valence-corrected chi connectivity index (χ0v) is 20.9. The van der Waals surface area contributed by atoms with Crippen molar-refractivity contribution in [2.24, 2.45) is 4.99 Å². The summed E-state index contributed by atoms with van der Waals surface area (Å²) in [6.45, 7) is 7.12. The van der Waals surface area contributed by atoms with Gasteiger partial charge in [-0.1, -0.05) is 6.42 Å². The van der Waals surface area contributed by atoms with Gasteiger partial charge in [0.1, 0.15) is 23.5 Å². The van der Waals surface area contributed by atoms with Gasteiger partial charge in [0.25, 0.3) is 0 Å². The summed E-state index contributed by atoms with van der Waals surface area (Å²) in [5.74, 6) is 2.90. The predicted octanol–water partition coefficient (Wildman–Crippen LogP) is 3.38. The van der Waals surface area contributed by atoms with Crippen molar-refractivity contribution in [1.29, 1.82) is 0 Å². The lowest BCUT2D eigenvalue weighted by molar-refractivity contribution is 0.119. The number of aryl methyl sites for hydroxylation is 1. The Morgan fingerprint density at radius 2 is 2.21 bits per heavy atom. The van der Waals surface area contributed by atoms with Crippen molar-refractivity contribution < 1.29 is 4.74 Å². The second-order valence-electron chi connectivity index (χ2n) is 7.08. The first-order valence-corrected chi connectivity index (χ1v) is 10.9. The van der Waals surface area contributed by atoms with Crippen LogP contribution in [-0.4, -0.2) is 51.3 Å². The first-order valence-electron chi connectivity index (χ1n) is 9.99. The normalized spacial score (nSPS) is 15.2. The molecule has 0 saturated carbocycles. The first kappa shape index (κ1) is 24.0. The molecule has 29 heavy (non-hydrogen) atoms. The molecule has 2 aromatic rings. The molecule has 0 amide bonds. The number of ether oxygens (including phenoxy) is 1. The Bertz CT molecular complexity index is 791. The van der Waals surface area contributed by atoms with Gasteiger partial charge >= 0.3 is 0 Å². The fourth-order valence-electron chi connectivity index (χ4n) is 3.28. The van der Waals surface area contributed by atoms with Crippen LogP contribution in [-0.2, 0) is 30.8 Å². The molecule has 10 heteroatoms. The van der Waals surface area contributed by atoms with Crippen molar-refractivity contribution in [2.75, 3.05) is 20.7 Å². The number of hydrogen-bond acceptors (Lipinski definition) is 6. The molecule has 1 atom stereocenters. The summed E-state index contributed by atoms with van der Waals surface area (Å²) in [5.41, 5.74) is 1.02. The average molecular weight is 533 g/mol. The van der Waals surface area contributed by atoms with E-state index in [0.29, 0.717) is 13.1 Å². The Kier molecular flexibility index (Phi) is 9.76. The van der Waals surface area contributed by atoms with Crippen LogP contribution in [0.4, 0.5) is 0 Å².